The Balaban J connectivity index is 1.77. The molecular formula is C18H14ClNO6S. The van der Waals surface area contributed by atoms with Gasteiger partial charge in [0.25, 0.3) is 11.1 Å². The first-order valence-electron chi connectivity index (χ1n) is 7.69. The Morgan fingerprint density at radius 3 is 2.70 bits per heavy atom. The van der Waals surface area contributed by atoms with Crippen molar-refractivity contribution in [2.45, 2.75) is 6.54 Å². The molecule has 27 heavy (non-hydrogen) atoms. The van der Waals surface area contributed by atoms with E-state index >= 15 is 0 Å². The van der Waals surface area contributed by atoms with Crippen LogP contribution < -0.4 is 4.74 Å². The number of imide groups is 1. The molecule has 140 valence electrons. The summed E-state index contributed by atoms with van der Waals surface area (Å²) in [7, 11) is 2.74. The first-order valence-corrected chi connectivity index (χ1v) is 8.88. The molecule has 0 bridgehead atoms. The van der Waals surface area contributed by atoms with Crippen LogP contribution in [0.4, 0.5) is 4.79 Å². The number of furan rings is 1. The zero-order valence-electron chi connectivity index (χ0n) is 14.4. The summed E-state index contributed by atoms with van der Waals surface area (Å²) in [5.41, 5.74) is 0.664. The summed E-state index contributed by atoms with van der Waals surface area (Å²) in [6.45, 7) is -0.0810. The fourth-order valence-electron chi connectivity index (χ4n) is 2.39. The van der Waals surface area contributed by atoms with Gasteiger partial charge >= 0.3 is 5.97 Å². The highest BCUT2D eigenvalue weighted by atomic mass is 35.5. The molecule has 2 heterocycles. The third kappa shape index (κ3) is 4.01. The number of thioether (sulfide) groups is 1. The topological polar surface area (TPSA) is 86.0 Å². The van der Waals surface area contributed by atoms with Gasteiger partial charge < -0.3 is 13.9 Å². The molecule has 0 unspecified atom stereocenters. The quantitative estimate of drug-likeness (QED) is 0.547. The van der Waals surface area contributed by atoms with E-state index in [2.05, 4.69) is 4.74 Å². The summed E-state index contributed by atoms with van der Waals surface area (Å²) < 4.78 is 15.0. The van der Waals surface area contributed by atoms with Crippen molar-refractivity contribution in [3.63, 3.8) is 0 Å². The fraction of sp³-hybridized carbons (Fsp3) is 0.167. The van der Waals surface area contributed by atoms with Gasteiger partial charge in [-0.3, -0.25) is 14.5 Å². The summed E-state index contributed by atoms with van der Waals surface area (Å²) in [5, 5.41) is -0.0294. The number of esters is 1. The molecule has 0 N–H and O–H groups in total. The first kappa shape index (κ1) is 19.1. The van der Waals surface area contributed by atoms with E-state index in [0.29, 0.717) is 22.1 Å². The number of ether oxygens (including phenoxy) is 2. The predicted octanol–water partition coefficient (Wildman–Crippen LogP) is 3.96. The van der Waals surface area contributed by atoms with Gasteiger partial charge in [0.2, 0.25) is 5.76 Å². The molecule has 7 nitrogen and oxygen atoms in total. The highest BCUT2D eigenvalue weighted by molar-refractivity contribution is 8.18. The van der Waals surface area contributed by atoms with E-state index in [9.17, 15) is 14.4 Å². The number of amides is 2. The monoisotopic (exact) mass is 407 g/mol. The van der Waals surface area contributed by atoms with Gasteiger partial charge in [-0.25, -0.2) is 4.79 Å². The minimum Gasteiger partial charge on any atom is -0.495 e. The highest BCUT2D eigenvalue weighted by Gasteiger charge is 2.35. The molecule has 2 amide bonds. The van der Waals surface area contributed by atoms with Crippen LogP contribution in [-0.2, 0) is 16.1 Å². The van der Waals surface area contributed by atoms with Crippen molar-refractivity contribution in [1.29, 1.82) is 0 Å². The number of hydrogen-bond acceptors (Lipinski definition) is 7. The normalized spacial score (nSPS) is 15.5. The largest absolute Gasteiger partial charge is 0.495 e. The third-order valence-corrected chi connectivity index (χ3v) is 4.91. The Kier molecular flexibility index (Phi) is 5.57. The van der Waals surface area contributed by atoms with Crippen molar-refractivity contribution in [2.75, 3.05) is 14.2 Å². The van der Waals surface area contributed by atoms with Gasteiger partial charge in [-0.05, 0) is 47.7 Å². The second-order valence-corrected chi connectivity index (χ2v) is 6.82. The molecule has 2 aromatic rings. The second-order valence-electron chi connectivity index (χ2n) is 5.42. The Morgan fingerprint density at radius 2 is 2.04 bits per heavy atom. The molecule has 1 aliphatic rings. The van der Waals surface area contributed by atoms with Crippen molar-refractivity contribution in [3.8, 4) is 5.75 Å². The Labute approximate surface area is 163 Å². The number of rotatable bonds is 5. The van der Waals surface area contributed by atoms with Crippen LogP contribution in [0.1, 0.15) is 21.9 Å². The molecule has 9 heteroatoms. The maximum atomic E-state index is 12.6. The number of hydrogen-bond donors (Lipinski definition) is 0. The van der Waals surface area contributed by atoms with Gasteiger partial charge in [-0.1, -0.05) is 17.7 Å². The number of carbonyl (C=O) groups excluding carboxylic acids is 3. The maximum Gasteiger partial charge on any atom is 0.373 e. The van der Waals surface area contributed by atoms with Gasteiger partial charge in [0, 0.05) is 0 Å². The number of carbonyl (C=O) groups is 3. The summed E-state index contributed by atoms with van der Waals surface area (Å²) in [6, 6.07) is 7.99. The second kappa shape index (κ2) is 7.89. The van der Waals surface area contributed by atoms with Crippen molar-refractivity contribution < 1.29 is 28.3 Å². The number of benzene rings is 1. The maximum absolute atomic E-state index is 12.6. The van der Waals surface area contributed by atoms with Crippen LogP contribution in [0, 0.1) is 0 Å². The van der Waals surface area contributed by atoms with E-state index in [-0.39, 0.29) is 17.2 Å². The summed E-state index contributed by atoms with van der Waals surface area (Å²) >= 11 is 6.90. The van der Waals surface area contributed by atoms with Gasteiger partial charge in [0.05, 0.1) is 30.7 Å². The summed E-state index contributed by atoms with van der Waals surface area (Å²) in [5.74, 6) is -0.268. The molecule has 0 atom stereocenters. The lowest BCUT2D eigenvalue weighted by molar-refractivity contribution is -0.123. The molecule has 1 aliphatic heterocycles. The van der Waals surface area contributed by atoms with Crippen molar-refractivity contribution in [2.24, 2.45) is 0 Å². The minimum atomic E-state index is -0.633. The highest BCUT2D eigenvalue weighted by Crippen LogP contribution is 2.34. The van der Waals surface area contributed by atoms with Crippen LogP contribution in [0.25, 0.3) is 6.08 Å². The third-order valence-electron chi connectivity index (χ3n) is 3.71. The first-order chi connectivity index (χ1) is 12.9. The van der Waals surface area contributed by atoms with Crippen molar-refractivity contribution in [3.05, 3.63) is 57.3 Å². The standard InChI is InChI=1S/C18H14ClNO6S/c1-24-13-5-3-10(7-12(13)19)8-15-16(21)20(18(23)27-15)9-11-4-6-14(26-11)17(22)25-2/h3-8H,9H2,1-2H3. The lowest BCUT2D eigenvalue weighted by Crippen LogP contribution is -2.27. The van der Waals surface area contributed by atoms with Crippen LogP contribution in [0.3, 0.4) is 0 Å². The van der Waals surface area contributed by atoms with Crippen molar-refractivity contribution >= 4 is 46.6 Å². The molecule has 0 radical (unpaired) electrons. The zero-order valence-corrected chi connectivity index (χ0v) is 15.9. The molecule has 1 saturated heterocycles. The molecule has 1 fully saturated rings. The van der Waals surface area contributed by atoms with E-state index in [1.807, 2.05) is 0 Å². The summed E-state index contributed by atoms with van der Waals surface area (Å²) in [4.78, 5) is 37.5. The van der Waals surface area contributed by atoms with Gasteiger partial charge in [0.1, 0.15) is 11.5 Å². The molecule has 1 aromatic carbocycles. The van der Waals surface area contributed by atoms with Crippen molar-refractivity contribution in [1.82, 2.24) is 4.90 Å². The SMILES string of the molecule is COC(=O)c1ccc(CN2C(=O)SC(=Cc3ccc(OC)c(Cl)c3)C2=O)o1. The molecule has 0 saturated carbocycles. The lowest BCUT2D eigenvalue weighted by atomic mass is 10.2. The smallest absolute Gasteiger partial charge is 0.373 e. The Hall–Kier alpha value is -2.71. The van der Waals surface area contributed by atoms with E-state index in [0.717, 1.165) is 16.7 Å². The Bertz CT molecular complexity index is 951. The van der Waals surface area contributed by atoms with E-state index in [1.165, 1.54) is 26.4 Å². The van der Waals surface area contributed by atoms with E-state index < -0.39 is 17.1 Å². The van der Waals surface area contributed by atoms with Gasteiger partial charge in [0.15, 0.2) is 0 Å². The van der Waals surface area contributed by atoms with E-state index in [1.54, 1.807) is 24.3 Å². The molecule has 0 spiro atoms. The van der Waals surface area contributed by atoms with Crippen LogP contribution in [0.2, 0.25) is 5.02 Å². The van der Waals surface area contributed by atoms with Crippen LogP contribution >= 0.6 is 23.4 Å². The average Bonchev–Trinajstić information content (AvgIpc) is 3.22. The molecule has 1 aromatic heterocycles. The van der Waals surface area contributed by atoms with Gasteiger partial charge in [-0.15, -0.1) is 0 Å². The minimum absolute atomic E-state index is 0.00267. The molecular weight excluding hydrogens is 394 g/mol. The van der Waals surface area contributed by atoms with Crippen LogP contribution in [0.5, 0.6) is 5.75 Å². The number of nitrogens with zero attached hydrogens (tertiary/aromatic N) is 1. The number of halogens is 1. The Morgan fingerprint density at radius 1 is 1.26 bits per heavy atom. The molecule has 0 aliphatic carbocycles. The van der Waals surface area contributed by atoms with Crippen LogP contribution in [-0.4, -0.2) is 36.2 Å². The summed E-state index contributed by atoms with van der Waals surface area (Å²) in [6.07, 6.45) is 1.58. The fourth-order valence-corrected chi connectivity index (χ4v) is 3.49. The van der Waals surface area contributed by atoms with Gasteiger partial charge in [-0.2, -0.15) is 0 Å². The average molecular weight is 408 g/mol. The number of methoxy groups -OCH3 is 2. The lowest BCUT2D eigenvalue weighted by Gasteiger charge is -2.10. The predicted molar refractivity (Wildman–Crippen MR) is 99.6 cm³/mol. The van der Waals surface area contributed by atoms with Crippen LogP contribution in [0.15, 0.2) is 39.7 Å². The molecule has 3 rings (SSSR count). The van der Waals surface area contributed by atoms with E-state index in [4.69, 9.17) is 20.8 Å². The zero-order chi connectivity index (χ0) is 19.6.